The summed E-state index contributed by atoms with van der Waals surface area (Å²) in [6, 6.07) is 13.3. The first kappa shape index (κ1) is 21.3. The standard InChI is InChI=1S/C20H17Cl2N3O3/c1-2-28-20(27)14-5-3-13(4-6-14)11-24-12-15(10-23)19(26)25-16-7-8-17(21)18(22)9-16/h3-9,12,24H,2,11H2,1H3,(H,25,26)/b15-12-. The quantitative estimate of drug-likeness (QED) is 0.397. The summed E-state index contributed by atoms with van der Waals surface area (Å²) in [6.45, 7) is 2.43. The average Bonchev–Trinajstić information content (AvgIpc) is 2.68. The van der Waals surface area contributed by atoms with Gasteiger partial charge in [0.25, 0.3) is 5.91 Å². The molecule has 2 aromatic rings. The first-order valence-electron chi connectivity index (χ1n) is 8.30. The van der Waals surface area contributed by atoms with Gasteiger partial charge in [0.2, 0.25) is 0 Å². The third-order valence-electron chi connectivity index (χ3n) is 3.56. The molecule has 0 radical (unpaired) electrons. The van der Waals surface area contributed by atoms with Crippen LogP contribution in [0.25, 0.3) is 0 Å². The first-order chi connectivity index (χ1) is 13.4. The van der Waals surface area contributed by atoms with Crippen LogP contribution in [0, 0.1) is 11.3 Å². The van der Waals surface area contributed by atoms with E-state index in [1.54, 1.807) is 43.3 Å². The molecule has 0 saturated carbocycles. The maximum Gasteiger partial charge on any atom is 0.338 e. The van der Waals surface area contributed by atoms with Gasteiger partial charge in [-0.05, 0) is 42.8 Å². The molecule has 2 rings (SSSR count). The minimum Gasteiger partial charge on any atom is -0.462 e. The molecule has 0 bridgehead atoms. The molecule has 0 aromatic heterocycles. The van der Waals surface area contributed by atoms with Crippen molar-refractivity contribution in [3.8, 4) is 6.07 Å². The number of esters is 1. The van der Waals surface area contributed by atoms with Crippen molar-refractivity contribution >= 4 is 40.8 Å². The van der Waals surface area contributed by atoms with Gasteiger partial charge in [-0.1, -0.05) is 35.3 Å². The molecule has 8 heteroatoms. The Labute approximate surface area is 172 Å². The molecule has 2 N–H and O–H groups in total. The van der Waals surface area contributed by atoms with E-state index in [1.807, 2.05) is 6.07 Å². The van der Waals surface area contributed by atoms with Crippen LogP contribution in [-0.2, 0) is 16.1 Å². The van der Waals surface area contributed by atoms with Crippen molar-refractivity contribution < 1.29 is 14.3 Å². The van der Waals surface area contributed by atoms with Gasteiger partial charge in [0.05, 0.1) is 22.2 Å². The lowest BCUT2D eigenvalue weighted by atomic mass is 10.1. The number of nitrogens with one attached hydrogen (secondary N) is 2. The molecule has 0 aliphatic heterocycles. The second-order valence-electron chi connectivity index (χ2n) is 5.55. The lowest BCUT2D eigenvalue weighted by Gasteiger charge is -2.07. The molecule has 0 aliphatic rings. The van der Waals surface area contributed by atoms with Crippen molar-refractivity contribution in [3.63, 3.8) is 0 Å². The molecule has 28 heavy (non-hydrogen) atoms. The molecule has 0 fully saturated rings. The molecular weight excluding hydrogens is 401 g/mol. The Balaban J connectivity index is 1.95. The van der Waals surface area contributed by atoms with Crippen molar-refractivity contribution in [1.82, 2.24) is 5.32 Å². The summed E-state index contributed by atoms with van der Waals surface area (Å²) in [6.07, 6.45) is 1.33. The van der Waals surface area contributed by atoms with Crippen LogP contribution >= 0.6 is 23.2 Å². The van der Waals surface area contributed by atoms with Crippen LogP contribution in [-0.4, -0.2) is 18.5 Å². The zero-order chi connectivity index (χ0) is 20.5. The summed E-state index contributed by atoms with van der Waals surface area (Å²) in [4.78, 5) is 23.8. The van der Waals surface area contributed by atoms with Crippen LogP contribution in [0.1, 0.15) is 22.8 Å². The van der Waals surface area contributed by atoms with E-state index in [4.69, 9.17) is 27.9 Å². The Morgan fingerprint density at radius 3 is 2.46 bits per heavy atom. The highest BCUT2D eigenvalue weighted by Gasteiger charge is 2.10. The number of amides is 1. The maximum absolute atomic E-state index is 12.2. The zero-order valence-electron chi connectivity index (χ0n) is 15.0. The molecule has 0 atom stereocenters. The molecule has 144 valence electrons. The minimum atomic E-state index is -0.578. The fraction of sp³-hybridized carbons (Fsp3) is 0.150. The Morgan fingerprint density at radius 2 is 1.86 bits per heavy atom. The summed E-state index contributed by atoms with van der Waals surface area (Å²) in [5, 5.41) is 15.3. The van der Waals surface area contributed by atoms with Crippen LogP contribution in [0.15, 0.2) is 54.2 Å². The van der Waals surface area contributed by atoms with Crippen molar-refractivity contribution in [2.24, 2.45) is 0 Å². The number of nitrogens with zero attached hydrogens (tertiary/aromatic N) is 1. The molecule has 0 aliphatic carbocycles. The monoisotopic (exact) mass is 417 g/mol. The normalized spacial score (nSPS) is 10.7. The number of benzene rings is 2. The van der Waals surface area contributed by atoms with Crippen LogP contribution in [0.5, 0.6) is 0 Å². The van der Waals surface area contributed by atoms with E-state index in [9.17, 15) is 14.9 Å². The number of nitriles is 1. The highest BCUT2D eigenvalue weighted by atomic mass is 35.5. The van der Waals surface area contributed by atoms with Crippen LogP contribution in [0.3, 0.4) is 0 Å². The fourth-order valence-electron chi connectivity index (χ4n) is 2.16. The van der Waals surface area contributed by atoms with Crippen molar-refractivity contribution in [1.29, 1.82) is 5.26 Å². The van der Waals surface area contributed by atoms with E-state index in [0.29, 0.717) is 34.4 Å². The Morgan fingerprint density at radius 1 is 1.14 bits per heavy atom. The summed E-state index contributed by atoms with van der Waals surface area (Å²) in [5.41, 5.74) is 1.65. The summed E-state index contributed by atoms with van der Waals surface area (Å²) in [7, 11) is 0. The van der Waals surface area contributed by atoms with Crippen molar-refractivity contribution in [3.05, 3.63) is 75.4 Å². The average molecular weight is 418 g/mol. The number of hydrogen-bond donors (Lipinski definition) is 2. The SMILES string of the molecule is CCOC(=O)c1ccc(CN/C=C(/C#N)C(=O)Nc2ccc(Cl)c(Cl)c2)cc1. The fourth-order valence-corrected chi connectivity index (χ4v) is 2.46. The minimum absolute atomic E-state index is 0.103. The van der Waals surface area contributed by atoms with Crippen LogP contribution < -0.4 is 10.6 Å². The van der Waals surface area contributed by atoms with Crippen molar-refractivity contribution in [2.45, 2.75) is 13.5 Å². The van der Waals surface area contributed by atoms with Gasteiger partial charge in [-0.15, -0.1) is 0 Å². The number of carbonyl (C=O) groups is 2. The molecule has 0 unspecified atom stereocenters. The number of ether oxygens (including phenoxy) is 1. The van der Waals surface area contributed by atoms with E-state index in [2.05, 4.69) is 10.6 Å². The molecule has 6 nitrogen and oxygen atoms in total. The van der Waals surface area contributed by atoms with E-state index in [1.165, 1.54) is 12.3 Å². The van der Waals surface area contributed by atoms with E-state index in [-0.39, 0.29) is 11.5 Å². The molecule has 0 spiro atoms. The number of hydrogen-bond acceptors (Lipinski definition) is 5. The van der Waals surface area contributed by atoms with Gasteiger partial charge >= 0.3 is 5.97 Å². The number of anilines is 1. The molecule has 0 saturated heterocycles. The van der Waals surface area contributed by atoms with Gasteiger partial charge in [0, 0.05) is 18.4 Å². The highest BCUT2D eigenvalue weighted by Crippen LogP contribution is 2.25. The van der Waals surface area contributed by atoms with Gasteiger partial charge in [0.1, 0.15) is 11.6 Å². The number of carbonyl (C=O) groups excluding carboxylic acids is 2. The van der Waals surface area contributed by atoms with Gasteiger partial charge in [0.15, 0.2) is 0 Å². The summed E-state index contributed by atoms with van der Waals surface area (Å²) in [5.74, 6) is -0.960. The lowest BCUT2D eigenvalue weighted by molar-refractivity contribution is -0.112. The topological polar surface area (TPSA) is 91.2 Å². The second-order valence-corrected chi connectivity index (χ2v) is 6.37. The van der Waals surface area contributed by atoms with Crippen molar-refractivity contribution in [2.75, 3.05) is 11.9 Å². The summed E-state index contributed by atoms with van der Waals surface area (Å²) >= 11 is 11.7. The summed E-state index contributed by atoms with van der Waals surface area (Å²) < 4.78 is 4.92. The van der Waals surface area contributed by atoms with E-state index in [0.717, 1.165) is 5.56 Å². The van der Waals surface area contributed by atoms with E-state index >= 15 is 0 Å². The predicted octanol–water partition coefficient (Wildman–Crippen LogP) is 4.31. The van der Waals surface area contributed by atoms with Gasteiger partial charge in [-0.2, -0.15) is 5.26 Å². The molecule has 2 aromatic carbocycles. The zero-order valence-corrected chi connectivity index (χ0v) is 16.5. The molecule has 1 amide bonds. The lowest BCUT2D eigenvalue weighted by Crippen LogP contribution is -2.16. The molecular formula is C20H17Cl2N3O3. The number of halogens is 2. The smallest absolute Gasteiger partial charge is 0.338 e. The second kappa shape index (κ2) is 10.4. The Hall–Kier alpha value is -3.01. The molecule has 0 heterocycles. The first-order valence-corrected chi connectivity index (χ1v) is 9.06. The Bertz CT molecular complexity index is 935. The van der Waals surface area contributed by atoms with Gasteiger partial charge < -0.3 is 15.4 Å². The number of rotatable bonds is 7. The van der Waals surface area contributed by atoms with Gasteiger partial charge in [-0.25, -0.2) is 4.79 Å². The predicted molar refractivity (Wildman–Crippen MR) is 108 cm³/mol. The maximum atomic E-state index is 12.2. The highest BCUT2D eigenvalue weighted by molar-refractivity contribution is 6.42. The van der Waals surface area contributed by atoms with E-state index < -0.39 is 5.91 Å². The largest absolute Gasteiger partial charge is 0.462 e. The Kier molecular flexibility index (Phi) is 7.88. The third kappa shape index (κ3) is 6.02. The third-order valence-corrected chi connectivity index (χ3v) is 4.30. The van der Waals surface area contributed by atoms with Crippen LogP contribution in [0.2, 0.25) is 10.0 Å². The van der Waals surface area contributed by atoms with Gasteiger partial charge in [-0.3, -0.25) is 4.79 Å². The van der Waals surface area contributed by atoms with Crippen LogP contribution in [0.4, 0.5) is 5.69 Å².